The van der Waals surface area contributed by atoms with Gasteiger partial charge >= 0.3 is 0 Å². The number of nitrogens with two attached hydrogens (primary N) is 1. The van der Waals surface area contributed by atoms with E-state index in [1.807, 2.05) is 0 Å². The van der Waals surface area contributed by atoms with Crippen LogP contribution in [0.4, 0.5) is 0 Å². The van der Waals surface area contributed by atoms with Crippen molar-refractivity contribution >= 4 is 24.6 Å². The van der Waals surface area contributed by atoms with E-state index in [4.69, 9.17) is 10.2 Å². The van der Waals surface area contributed by atoms with Gasteiger partial charge in [-0.1, -0.05) is 81.4 Å². The number of hydrogen-bond donors (Lipinski definition) is 1. The van der Waals surface area contributed by atoms with Crippen LogP contribution in [-0.4, -0.2) is 29.0 Å². The summed E-state index contributed by atoms with van der Waals surface area (Å²) >= 11 is 0. The normalized spacial score (nSPS) is 19.0. The second-order valence-electron chi connectivity index (χ2n) is 10.9. The van der Waals surface area contributed by atoms with Gasteiger partial charge in [-0.2, -0.15) is 0 Å². The summed E-state index contributed by atoms with van der Waals surface area (Å²) in [6, 6.07) is 21.3. The van der Waals surface area contributed by atoms with E-state index < -0.39 is 8.32 Å². The Morgan fingerprint density at radius 3 is 2.00 bits per heavy atom. The first-order chi connectivity index (χ1) is 16.7. The van der Waals surface area contributed by atoms with Gasteiger partial charge in [0, 0.05) is 19.4 Å². The summed E-state index contributed by atoms with van der Waals surface area (Å²) in [5.74, 6) is 2.43. The lowest BCUT2D eigenvalue weighted by atomic mass is 9.80. The van der Waals surface area contributed by atoms with Gasteiger partial charge in [-0.05, 0) is 47.0 Å². The first kappa shape index (κ1) is 25.3. The van der Waals surface area contributed by atoms with E-state index in [2.05, 4.69) is 103 Å². The van der Waals surface area contributed by atoms with Crippen molar-refractivity contribution in [2.75, 3.05) is 0 Å². The van der Waals surface area contributed by atoms with E-state index in [1.165, 1.54) is 10.4 Å². The van der Waals surface area contributed by atoms with Crippen molar-refractivity contribution in [1.82, 2.24) is 14.8 Å². The van der Waals surface area contributed by atoms with Crippen LogP contribution in [0.15, 0.2) is 60.7 Å². The van der Waals surface area contributed by atoms with Crippen molar-refractivity contribution in [3.8, 4) is 0 Å². The minimum atomic E-state index is -2.64. The Labute approximate surface area is 210 Å². The number of carbonyl (C=O) groups is 1. The van der Waals surface area contributed by atoms with Gasteiger partial charge in [0.15, 0.2) is 5.82 Å². The van der Waals surface area contributed by atoms with E-state index in [-0.39, 0.29) is 10.9 Å². The molecule has 0 aliphatic heterocycles. The molecule has 6 nitrogen and oxygen atoms in total. The number of benzene rings is 2. The number of aromatic nitrogens is 3. The first-order valence-electron chi connectivity index (χ1n) is 12.6. The minimum Gasteiger partial charge on any atom is -0.400 e. The summed E-state index contributed by atoms with van der Waals surface area (Å²) in [6.45, 7) is 7.26. The summed E-state index contributed by atoms with van der Waals surface area (Å²) in [6.07, 6.45) is 4.53. The lowest BCUT2D eigenvalue weighted by Gasteiger charge is -2.42. The molecule has 0 unspecified atom stereocenters. The number of primary amides is 1. The van der Waals surface area contributed by atoms with Crippen molar-refractivity contribution < 1.29 is 9.22 Å². The zero-order valence-electron chi connectivity index (χ0n) is 21.4. The molecule has 1 amide bonds. The highest BCUT2D eigenvalue weighted by Crippen LogP contribution is 2.38. The highest BCUT2D eigenvalue weighted by Gasteiger charge is 2.50. The lowest BCUT2D eigenvalue weighted by Crippen LogP contribution is -2.66. The van der Waals surface area contributed by atoms with Gasteiger partial charge in [0.1, 0.15) is 5.82 Å². The van der Waals surface area contributed by atoms with Crippen LogP contribution in [0.2, 0.25) is 5.04 Å². The van der Waals surface area contributed by atoms with E-state index in [1.54, 1.807) is 0 Å². The van der Waals surface area contributed by atoms with Crippen LogP contribution in [0.3, 0.4) is 0 Å². The van der Waals surface area contributed by atoms with Crippen molar-refractivity contribution in [3.05, 3.63) is 72.3 Å². The molecular formula is C28H38N4O2Si. The first-order valence-corrected chi connectivity index (χ1v) is 14.5. The number of rotatable bonds is 8. The fourth-order valence-corrected chi connectivity index (χ4v) is 10.2. The van der Waals surface area contributed by atoms with Crippen LogP contribution in [-0.2, 0) is 22.9 Å². The molecular weight excluding hydrogens is 452 g/mol. The SMILES string of the molecule is Cn1c(CO[Si](c2ccccc2)(c2ccccc2)C(C)(C)C)nnc1[C@H]1CC[C@H](CC(N)=O)CC1. The fourth-order valence-electron chi connectivity index (χ4n) is 5.70. The molecule has 0 saturated heterocycles. The molecule has 3 aromatic rings. The van der Waals surface area contributed by atoms with Crippen molar-refractivity contribution in [2.24, 2.45) is 18.7 Å². The Morgan fingerprint density at radius 1 is 0.971 bits per heavy atom. The van der Waals surface area contributed by atoms with Crippen LogP contribution in [0.25, 0.3) is 0 Å². The van der Waals surface area contributed by atoms with Gasteiger partial charge in [-0.25, -0.2) is 0 Å². The van der Waals surface area contributed by atoms with E-state index >= 15 is 0 Å². The highest BCUT2D eigenvalue weighted by molar-refractivity contribution is 6.99. The summed E-state index contributed by atoms with van der Waals surface area (Å²) in [5.41, 5.74) is 5.40. The topological polar surface area (TPSA) is 83.0 Å². The van der Waals surface area contributed by atoms with Gasteiger partial charge in [0.2, 0.25) is 5.91 Å². The van der Waals surface area contributed by atoms with Crippen LogP contribution >= 0.6 is 0 Å². The average molecular weight is 491 g/mol. The molecule has 4 rings (SSSR count). The molecule has 0 radical (unpaired) electrons. The van der Waals surface area contributed by atoms with Crippen LogP contribution in [0, 0.1) is 5.92 Å². The number of nitrogens with zero attached hydrogens (tertiary/aromatic N) is 3. The third-order valence-corrected chi connectivity index (χ3v) is 12.5. The molecule has 1 saturated carbocycles. The third kappa shape index (κ3) is 5.26. The average Bonchev–Trinajstić information content (AvgIpc) is 3.20. The molecule has 1 aliphatic rings. The quantitative estimate of drug-likeness (QED) is 0.483. The molecule has 7 heteroatoms. The summed E-state index contributed by atoms with van der Waals surface area (Å²) in [5, 5.41) is 11.6. The van der Waals surface area contributed by atoms with Gasteiger partial charge in [0.25, 0.3) is 8.32 Å². The van der Waals surface area contributed by atoms with Gasteiger partial charge in [-0.15, -0.1) is 10.2 Å². The predicted molar refractivity (Wildman–Crippen MR) is 142 cm³/mol. The molecule has 1 aromatic heterocycles. The van der Waals surface area contributed by atoms with Crippen molar-refractivity contribution in [3.63, 3.8) is 0 Å². The summed E-state index contributed by atoms with van der Waals surface area (Å²) in [7, 11) is -0.585. The van der Waals surface area contributed by atoms with Gasteiger partial charge in [0.05, 0.1) is 6.61 Å². The van der Waals surface area contributed by atoms with E-state index in [0.717, 1.165) is 37.3 Å². The minimum absolute atomic E-state index is 0.0874. The summed E-state index contributed by atoms with van der Waals surface area (Å²) < 4.78 is 9.18. The molecule has 0 atom stereocenters. The fraction of sp³-hybridized carbons (Fsp3) is 0.464. The Morgan fingerprint density at radius 2 is 1.51 bits per heavy atom. The Balaban J connectivity index is 1.59. The summed E-state index contributed by atoms with van der Waals surface area (Å²) in [4.78, 5) is 11.3. The molecule has 0 bridgehead atoms. The Hall–Kier alpha value is -2.77. The van der Waals surface area contributed by atoms with E-state index in [0.29, 0.717) is 24.9 Å². The predicted octanol–water partition coefficient (Wildman–Crippen LogP) is 4.04. The number of carbonyl (C=O) groups excluding carboxylic acids is 1. The molecule has 1 aliphatic carbocycles. The monoisotopic (exact) mass is 490 g/mol. The molecule has 1 fully saturated rings. The molecule has 1 heterocycles. The van der Waals surface area contributed by atoms with Crippen molar-refractivity contribution in [1.29, 1.82) is 0 Å². The third-order valence-electron chi connectivity index (χ3n) is 7.54. The zero-order chi connectivity index (χ0) is 25.1. The smallest absolute Gasteiger partial charge is 0.261 e. The number of hydrogen-bond acceptors (Lipinski definition) is 4. The Kier molecular flexibility index (Phi) is 7.57. The second kappa shape index (κ2) is 10.5. The maximum atomic E-state index is 11.3. The van der Waals surface area contributed by atoms with E-state index in [9.17, 15) is 4.79 Å². The highest BCUT2D eigenvalue weighted by atomic mass is 28.4. The van der Waals surface area contributed by atoms with Crippen LogP contribution in [0.5, 0.6) is 0 Å². The van der Waals surface area contributed by atoms with Crippen molar-refractivity contribution in [2.45, 2.75) is 70.4 Å². The van der Waals surface area contributed by atoms with Crippen LogP contribution < -0.4 is 16.1 Å². The maximum absolute atomic E-state index is 11.3. The zero-order valence-corrected chi connectivity index (χ0v) is 22.4. The lowest BCUT2D eigenvalue weighted by molar-refractivity contribution is -0.119. The standard InChI is InChI=1S/C28H38N4O2Si/c1-28(2,3)35(23-11-7-5-8-12-23,24-13-9-6-10-14-24)34-20-26-30-31-27(32(26)4)22-17-15-21(16-18-22)19-25(29)33/h5-14,21-22H,15-20H2,1-4H3,(H2,29,33)/t21-,22-. The van der Waals surface area contributed by atoms with Gasteiger partial charge in [-0.3, -0.25) is 4.79 Å². The molecule has 186 valence electrons. The number of amides is 1. The van der Waals surface area contributed by atoms with Crippen LogP contribution in [0.1, 0.15) is 70.4 Å². The second-order valence-corrected chi connectivity index (χ2v) is 15.2. The molecule has 2 aromatic carbocycles. The molecule has 2 N–H and O–H groups in total. The maximum Gasteiger partial charge on any atom is 0.261 e. The molecule has 35 heavy (non-hydrogen) atoms. The largest absolute Gasteiger partial charge is 0.400 e. The molecule has 0 spiro atoms. The van der Waals surface area contributed by atoms with Gasteiger partial charge < -0.3 is 14.7 Å². The Bertz CT molecular complexity index is 1080.